The fourth-order valence-electron chi connectivity index (χ4n) is 2.11. The Morgan fingerprint density at radius 1 is 1.09 bits per heavy atom. The number of aromatic amines is 1. The molecule has 2 aromatic carbocycles. The van der Waals surface area contributed by atoms with Crippen molar-refractivity contribution in [1.82, 2.24) is 10.2 Å². The van der Waals surface area contributed by atoms with Crippen molar-refractivity contribution in [2.24, 2.45) is 0 Å². The first-order valence-corrected chi connectivity index (χ1v) is 7.23. The molecule has 0 radical (unpaired) electrons. The summed E-state index contributed by atoms with van der Waals surface area (Å²) >= 11 is 5.86. The number of carbonyl (C=O) groups excluding carboxylic acids is 1. The van der Waals surface area contributed by atoms with E-state index in [-0.39, 0.29) is 5.91 Å². The molecule has 110 valence electrons. The molecule has 1 aromatic heterocycles. The first kappa shape index (κ1) is 14.4. The Kier molecular flexibility index (Phi) is 4.21. The summed E-state index contributed by atoms with van der Waals surface area (Å²) in [4.78, 5) is 12.1. The van der Waals surface area contributed by atoms with Gasteiger partial charge in [0.1, 0.15) is 0 Å². The van der Waals surface area contributed by atoms with Crippen LogP contribution in [0.4, 0.5) is 5.69 Å². The highest BCUT2D eigenvalue weighted by Gasteiger charge is 2.11. The predicted molar refractivity (Wildman–Crippen MR) is 87.2 cm³/mol. The lowest BCUT2D eigenvalue weighted by molar-refractivity contribution is 0.102. The molecular weight excluding hydrogens is 298 g/mol. The minimum absolute atomic E-state index is 0.232. The van der Waals surface area contributed by atoms with Crippen molar-refractivity contribution in [3.05, 3.63) is 82.6 Å². The summed E-state index contributed by atoms with van der Waals surface area (Å²) in [6.07, 6.45) is 0.669. The van der Waals surface area contributed by atoms with Crippen LogP contribution in [-0.4, -0.2) is 16.1 Å². The van der Waals surface area contributed by atoms with Gasteiger partial charge in [0.15, 0.2) is 5.69 Å². The number of halogens is 1. The van der Waals surface area contributed by atoms with Gasteiger partial charge < -0.3 is 5.32 Å². The molecule has 0 bridgehead atoms. The van der Waals surface area contributed by atoms with Gasteiger partial charge in [-0.3, -0.25) is 9.89 Å². The van der Waals surface area contributed by atoms with Crippen LogP contribution < -0.4 is 5.32 Å². The zero-order chi connectivity index (χ0) is 15.4. The number of nitrogens with one attached hydrogen (secondary N) is 2. The Bertz CT molecular complexity index is 766. The molecular formula is C17H14ClN3O. The molecule has 0 saturated heterocycles. The molecule has 0 spiro atoms. The molecule has 0 aliphatic carbocycles. The minimum Gasteiger partial charge on any atom is -0.321 e. The lowest BCUT2D eigenvalue weighted by Crippen LogP contribution is -2.12. The maximum absolute atomic E-state index is 12.1. The van der Waals surface area contributed by atoms with E-state index in [1.165, 1.54) is 0 Å². The molecule has 2 N–H and O–H groups in total. The van der Waals surface area contributed by atoms with E-state index in [0.29, 0.717) is 17.1 Å². The topological polar surface area (TPSA) is 57.8 Å². The van der Waals surface area contributed by atoms with Crippen molar-refractivity contribution >= 4 is 23.2 Å². The predicted octanol–water partition coefficient (Wildman–Crippen LogP) is 3.91. The van der Waals surface area contributed by atoms with Crippen LogP contribution in [0.5, 0.6) is 0 Å². The van der Waals surface area contributed by atoms with Crippen LogP contribution in [0.15, 0.2) is 60.7 Å². The standard InChI is InChI=1S/C17H14ClN3O/c18-13-8-6-12(7-9-13)10-15-11-16(21-20-15)17(22)19-14-4-2-1-3-5-14/h1-9,11H,10H2,(H,19,22)(H,20,21). The maximum atomic E-state index is 12.1. The summed E-state index contributed by atoms with van der Waals surface area (Å²) in [5, 5.41) is 10.5. The summed E-state index contributed by atoms with van der Waals surface area (Å²) < 4.78 is 0. The number of rotatable bonds is 4. The first-order valence-electron chi connectivity index (χ1n) is 6.86. The number of H-pyrrole nitrogens is 1. The molecule has 1 amide bonds. The smallest absolute Gasteiger partial charge is 0.276 e. The Hall–Kier alpha value is -2.59. The van der Waals surface area contributed by atoms with E-state index in [0.717, 1.165) is 16.9 Å². The zero-order valence-corrected chi connectivity index (χ0v) is 12.5. The van der Waals surface area contributed by atoms with Gasteiger partial charge in [-0.25, -0.2) is 0 Å². The van der Waals surface area contributed by atoms with Gasteiger partial charge >= 0.3 is 0 Å². The van der Waals surface area contributed by atoms with Crippen molar-refractivity contribution < 1.29 is 4.79 Å². The van der Waals surface area contributed by atoms with Crippen LogP contribution in [0.1, 0.15) is 21.7 Å². The quantitative estimate of drug-likeness (QED) is 0.767. The van der Waals surface area contributed by atoms with Crippen LogP contribution in [-0.2, 0) is 6.42 Å². The molecule has 3 aromatic rings. The van der Waals surface area contributed by atoms with Crippen LogP contribution >= 0.6 is 11.6 Å². The molecule has 0 aliphatic heterocycles. The Morgan fingerprint density at radius 2 is 1.82 bits per heavy atom. The van der Waals surface area contributed by atoms with E-state index < -0.39 is 0 Å². The number of carbonyl (C=O) groups is 1. The van der Waals surface area contributed by atoms with Gasteiger partial charge in [0.2, 0.25) is 0 Å². The van der Waals surface area contributed by atoms with E-state index >= 15 is 0 Å². The molecule has 0 saturated carbocycles. The summed E-state index contributed by atoms with van der Waals surface area (Å²) in [6.45, 7) is 0. The van der Waals surface area contributed by atoms with Crippen molar-refractivity contribution in [3.8, 4) is 0 Å². The van der Waals surface area contributed by atoms with E-state index in [2.05, 4.69) is 15.5 Å². The Morgan fingerprint density at radius 3 is 2.55 bits per heavy atom. The lowest BCUT2D eigenvalue weighted by atomic mass is 10.1. The van der Waals surface area contributed by atoms with E-state index in [1.807, 2.05) is 54.6 Å². The first-order chi connectivity index (χ1) is 10.7. The van der Waals surface area contributed by atoms with Crippen LogP contribution in [0.3, 0.4) is 0 Å². The molecule has 0 fully saturated rings. The van der Waals surface area contributed by atoms with Gasteiger partial charge in [-0.1, -0.05) is 41.9 Å². The molecule has 0 aliphatic rings. The molecule has 3 rings (SSSR count). The summed E-state index contributed by atoms with van der Waals surface area (Å²) in [6, 6.07) is 18.6. The fraction of sp³-hybridized carbons (Fsp3) is 0.0588. The summed E-state index contributed by atoms with van der Waals surface area (Å²) in [7, 11) is 0. The van der Waals surface area contributed by atoms with Crippen LogP contribution in [0.25, 0.3) is 0 Å². The molecule has 22 heavy (non-hydrogen) atoms. The van der Waals surface area contributed by atoms with Gasteiger partial charge in [-0.2, -0.15) is 5.10 Å². The third kappa shape index (κ3) is 3.54. The number of amides is 1. The Labute approximate surface area is 133 Å². The van der Waals surface area contributed by atoms with Crippen molar-refractivity contribution in [1.29, 1.82) is 0 Å². The SMILES string of the molecule is O=C(Nc1ccccc1)c1cc(Cc2ccc(Cl)cc2)[nH]n1. The number of nitrogens with zero attached hydrogens (tertiary/aromatic N) is 1. The second kappa shape index (κ2) is 6.45. The normalized spacial score (nSPS) is 10.4. The number of anilines is 1. The highest BCUT2D eigenvalue weighted by Crippen LogP contribution is 2.14. The van der Waals surface area contributed by atoms with Gasteiger partial charge in [-0.15, -0.1) is 0 Å². The molecule has 1 heterocycles. The second-order valence-electron chi connectivity index (χ2n) is 4.90. The lowest BCUT2D eigenvalue weighted by Gasteiger charge is -2.01. The maximum Gasteiger partial charge on any atom is 0.276 e. The molecule has 0 atom stereocenters. The van der Waals surface area contributed by atoms with Crippen LogP contribution in [0.2, 0.25) is 5.02 Å². The number of hydrogen-bond acceptors (Lipinski definition) is 2. The minimum atomic E-state index is -0.232. The average Bonchev–Trinajstić information content (AvgIpc) is 2.99. The molecule has 5 heteroatoms. The fourth-order valence-corrected chi connectivity index (χ4v) is 2.23. The van der Waals surface area contributed by atoms with E-state index in [4.69, 9.17) is 11.6 Å². The second-order valence-corrected chi connectivity index (χ2v) is 5.34. The molecule has 4 nitrogen and oxygen atoms in total. The Balaban J connectivity index is 1.68. The van der Waals surface area contributed by atoms with Crippen molar-refractivity contribution in [2.45, 2.75) is 6.42 Å². The van der Waals surface area contributed by atoms with Gasteiger partial charge in [-0.05, 0) is 35.9 Å². The number of para-hydroxylation sites is 1. The monoisotopic (exact) mass is 311 g/mol. The largest absolute Gasteiger partial charge is 0.321 e. The van der Waals surface area contributed by atoms with E-state index in [9.17, 15) is 4.79 Å². The number of hydrogen-bond donors (Lipinski definition) is 2. The van der Waals surface area contributed by atoms with Crippen molar-refractivity contribution in [3.63, 3.8) is 0 Å². The number of aromatic nitrogens is 2. The average molecular weight is 312 g/mol. The van der Waals surface area contributed by atoms with Gasteiger partial charge in [0, 0.05) is 22.8 Å². The summed E-state index contributed by atoms with van der Waals surface area (Å²) in [5.41, 5.74) is 3.09. The van der Waals surface area contributed by atoms with Gasteiger partial charge in [0.25, 0.3) is 5.91 Å². The highest BCUT2D eigenvalue weighted by molar-refractivity contribution is 6.30. The van der Waals surface area contributed by atoms with Crippen molar-refractivity contribution in [2.75, 3.05) is 5.32 Å². The number of benzene rings is 2. The highest BCUT2D eigenvalue weighted by atomic mass is 35.5. The summed E-state index contributed by atoms with van der Waals surface area (Å²) in [5.74, 6) is -0.232. The van der Waals surface area contributed by atoms with Crippen LogP contribution in [0, 0.1) is 0 Å². The van der Waals surface area contributed by atoms with E-state index in [1.54, 1.807) is 6.07 Å². The third-order valence-electron chi connectivity index (χ3n) is 3.20. The van der Waals surface area contributed by atoms with Gasteiger partial charge in [0.05, 0.1) is 0 Å². The molecule has 0 unspecified atom stereocenters. The third-order valence-corrected chi connectivity index (χ3v) is 3.46. The zero-order valence-electron chi connectivity index (χ0n) is 11.7.